The van der Waals surface area contributed by atoms with Gasteiger partial charge in [-0.05, 0) is 180 Å². The summed E-state index contributed by atoms with van der Waals surface area (Å²) >= 11 is 1.57. The predicted octanol–water partition coefficient (Wildman–Crippen LogP) is 10.5. The third-order valence-electron chi connectivity index (χ3n) is 20.0. The summed E-state index contributed by atoms with van der Waals surface area (Å²) in [6.07, 6.45) is 16.1. The number of rotatable bonds is 19. The first-order valence-electron chi connectivity index (χ1n) is 30.7. The van der Waals surface area contributed by atoms with Gasteiger partial charge in [-0.3, -0.25) is 34.1 Å². The van der Waals surface area contributed by atoms with Gasteiger partial charge in [0.2, 0.25) is 17.7 Å². The number of para-hydroxylation sites is 1. The number of carbonyl (C=O) groups is 5. The third kappa shape index (κ3) is 11.1. The highest BCUT2D eigenvalue weighted by molar-refractivity contribution is 7.22. The number of ether oxygens (including phenoxy) is 1. The number of carbonyl (C=O) groups excluding carboxylic acids is 4. The van der Waals surface area contributed by atoms with E-state index in [0.717, 1.165) is 153 Å². The summed E-state index contributed by atoms with van der Waals surface area (Å²) in [4.78, 5) is 81.4. The Morgan fingerprint density at radius 3 is 2.41 bits per heavy atom. The molecule has 14 rings (SSSR count). The summed E-state index contributed by atoms with van der Waals surface area (Å²) in [7, 11) is 2.13. The van der Waals surface area contributed by atoms with Gasteiger partial charge in [0.25, 0.3) is 5.91 Å². The minimum Gasteiger partial charge on any atom is -0.476 e. The van der Waals surface area contributed by atoms with Crippen molar-refractivity contribution < 1.29 is 33.8 Å². The Bertz CT molecular complexity index is 3590. The van der Waals surface area contributed by atoms with Crippen LogP contribution >= 0.6 is 11.3 Å². The number of aromatic carboxylic acids is 1. The molecular formula is C65H78N12O7S. The lowest BCUT2D eigenvalue weighted by molar-refractivity contribution is -0.214. The highest BCUT2D eigenvalue weighted by Gasteiger charge is 2.65. The zero-order chi connectivity index (χ0) is 59.0. The molecule has 4 aliphatic carbocycles. The van der Waals surface area contributed by atoms with Crippen LogP contribution in [0.15, 0.2) is 60.8 Å². The van der Waals surface area contributed by atoms with E-state index >= 15 is 0 Å². The number of hydrogen-bond acceptors (Lipinski definition) is 15. The SMILES string of the molecule is Cc1c(Nc2nc3ccccc3s2)nnc2c1CCCN2c1ccc(-c2cnn(CC34CC5(C)CC(C)(CC(COCN(C)CCCCCC(=O)N6CCC(c7ccc8c(c7)CN(C7CCC(=O)NC7=O)C8=O)CC6)(C5)C3)C4)c2C)c(C(=O)O)n1. The van der Waals surface area contributed by atoms with Crippen molar-refractivity contribution in [2.45, 2.75) is 155 Å². The van der Waals surface area contributed by atoms with E-state index in [1.54, 1.807) is 16.2 Å². The molecule has 8 aliphatic rings. The van der Waals surface area contributed by atoms with Crippen LogP contribution in [0.3, 0.4) is 0 Å². The average Bonchev–Trinajstić information content (AvgIpc) is 1.42. The summed E-state index contributed by atoms with van der Waals surface area (Å²) in [5.74, 6) is 0.453. The molecule has 0 radical (unpaired) electrons. The van der Waals surface area contributed by atoms with Gasteiger partial charge >= 0.3 is 5.97 Å². The van der Waals surface area contributed by atoms with Crippen LogP contribution in [-0.2, 0) is 38.6 Å². The molecule has 4 amide bonds. The lowest BCUT2D eigenvalue weighted by atomic mass is 9.36. The molecule has 0 spiro atoms. The summed E-state index contributed by atoms with van der Waals surface area (Å²) in [5, 5.41) is 31.6. The molecule has 85 heavy (non-hydrogen) atoms. The molecule has 6 aromatic rings. The Morgan fingerprint density at radius 1 is 0.859 bits per heavy atom. The molecule has 19 nitrogen and oxygen atoms in total. The second-order valence-electron chi connectivity index (χ2n) is 27.0. The van der Waals surface area contributed by atoms with Crippen LogP contribution in [0.5, 0.6) is 0 Å². The minimum atomic E-state index is -1.09. The van der Waals surface area contributed by atoms with Gasteiger partial charge in [0.05, 0.1) is 29.8 Å². The number of fused-ring (bicyclic) bond motifs is 3. The predicted molar refractivity (Wildman–Crippen MR) is 324 cm³/mol. The summed E-state index contributed by atoms with van der Waals surface area (Å²) in [5.41, 5.74) is 8.45. The number of imide groups is 1. The fourth-order valence-corrected chi connectivity index (χ4v) is 18.3. The number of thiazole rings is 1. The molecule has 3 atom stereocenters. The van der Waals surface area contributed by atoms with Crippen molar-refractivity contribution in [1.29, 1.82) is 0 Å². The van der Waals surface area contributed by atoms with Crippen LogP contribution in [0, 0.1) is 35.5 Å². The van der Waals surface area contributed by atoms with Crippen LogP contribution < -0.4 is 15.5 Å². The van der Waals surface area contributed by atoms with Crippen LogP contribution in [-0.4, -0.2) is 132 Å². The highest BCUT2D eigenvalue weighted by atomic mass is 32.1. The van der Waals surface area contributed by atoms with Gasteiger partial charge in [-0.2, -0.15) is 5.10 Å². The maximum absolute atomic E-state index is 13.4. The molecule has 8 heterocycles. The summed E-state index contributed by atoms with van der Waals surface area (Å²) in [6.45, 7) is 14.5. The Kier molecular flexibility index (Phi) is 14.9. The van der Waals surface area contributed by atoms with Crippen molar-refractivity contribution in [2.75, 3.05) is 56.8 Å². The minimum absolute atomic E-state index is 0.0138. The van der Waals surface area contributed by atoms with E-state index in [-0.39, 0.29) is 51.5 Å². The normalized spacial score (nSPS) is 25.5. The number of nitrogens with one attached hydrogen (secondary N) is 2. The first-order chi connectivity index (χ1) is 40.8. The van der Waals surface area contributed by atoms with E-state index in [0.29, 0.717) is 67.2 Å². The highest BCUT2D eigenvalue weighted by Crippen LogP contribution is 2.74. The molecule has 4 aromatic heterocycles. The Labute approximate surface area is 500 Å². The number of unbranched alkanes of at least 4 members (excludes halogenated alkanes) is 2. The molecule has 2 aromatic carbocycles. The third-order valence-corrected chi connectivity index (χ3v) is 20.9. The lowest BCUT2D eigenvalue weighted by Crippen LogP contribution is -2.61. The molecule has 3 unspecified atom stereocenters. The zero-order valence-corrected chi connectivity index (χ0v) is 50.5. The van der Waals surface area contributed by atoms with Crippen molar-refractivity contribution >= 4 is 73.7 Å². The molecular weight excluding hydrogens is 1090 g/mol. The fraction of sp³-hybridized carbons (Fsp3) is 0.538. The smallest absolute Gasteiger partial charge is 0.355 e. The van der Waals surface area contributed by atoms with E-state index < -0.39 is 17.9 Å². The average molecular weight is 1170 g/mol. The van der Waals surface area contributed by atoms with Crippen molar-refractivity contribution in [2.24, 2.45) is 21.7 Å². The van der Waals surface area contributed by atoms with Crippen molar-refractivity contribution in [3.63, 3.8) is 0 Å². The number of piperidine rings is 2. The monoisotopic (exact) mass is 1170 g/mol. The second kappa shape index (κ2) is 22.3. The maximum Gasteiger partial charge on any atom is 0.355 e. The van der Waals surface area contributed by atoms with E-state index in [9.17, 15) is 29.1 Å². The van der Waals surface area contributed by atoms with Gasteiger partial charge < -0.3 is 29.9 Å². The molecule has 446 valence electrons. The molecule has 6 fully saturated rings. The van der Waals surface area contributed by atoms with E-state index in [1.807, 2.05) is 65.4 Å². The van der Waals surface area contributed by atoms with Gasteiger partial charge in [0.1, 0.15) is 11.9 Å². The number of pyridine rings is 1. The first kappa shape index (κ1) is 56.9. The topological polar surface area (TPSA) is 221 Å². The van der Waals surface area contributed by atoms with Gasteiger partial charge in [0.15, 0.2) is 22.5 Å². The number of aromatic nitrogens is 6. The Balaban J connectivity index is 0.584. The number of amides is 4. The number of carboxylic acids is 1. The van der Waals surface area contributed by atoms with Crippen LogP contribution in [0.2, 0.25) is 0 Å². The van der Waals surface area contributed by atoms with Crippen molar-refractivity contribution in [1.82, 2.24) is 50.0 Å². The maximum atomic E-state index is 13.4. The van der Waals surface area contributed by atoms with E-state index in [1.165, 1.54) is 12.0 Å². The standard InChI is InChI=1S/C65H78N12O7S/c1-40-45-12-11-25-75(57(45)72-71-56(40)70-61-67-49-13-8-9-14-51(49)85-61)52-20-18-47(55(68-52)60(82)83)48-29-66-77(41(48)2)37-64-32-62(3)31-63(4,33-64)35-65(34-62,36-64)38-84-39-73(5)24-10-6-7-15-54(79)74-26-22-42(23-27-74)43-16-17-46-44(28-43)30-76(59(46)81)50-19-21-53(78)69-58(50)80/h8-9,13-14,16-18,20,28-29,42,50H,6-7,10-12,15,19,21-27,30-39H2,1-5H3,(H,82,83)(H,67,70,71)(H,69,78,80). The van der Waals surface area contributed by atoms with Crippen molar-refractivity contribution in [3.05, 3.63) is 100.0 Å². The number of benzene rings is 2. The quantitative estimate of drug-likeness (QED) is 0.0390. The molecule has 4 aliphatic heterocycles. The van der Waals surface area contributed by atoms with Crippen LogP contribution in [0.4, 0.5) is 22.6 Å². The number of hydrogen-bond donors (Lipinski definition) is 3. The Hall–Kier alpha value is -7.16. The number of nitrogens with zero attached hydrogens (tertiary/aromatic N) is 10. The van der Waals surface area contributed by atoms with Gasteiger partial charge in [-0.15, -0.1) is 10.2 Å². The van der Waals surface area contributed by atoms with E-state index in [4.69, 9.17) is 24.9 Å². The first-order valence-corrected chi connectivity index (χ1v) is 31.5. The van der Waals surface area contributed by atoms with Crippen LogP contribution in [0.1, 0.15) is 165 Å². The molecule has 2 saturated heterocycles. The number of carboxylic acid groups (broad SMARTS) is 1. The van der Waals surface area contributed by atoms with Crippen molar-refractivity contribution in [3.8, 4) is 11.1 Å². The Morgan fingerprint density at radius 2 is 1.64 bits per heavy atom. The zero-order valence-electron chi connectivity index (χ0n) is 49.7. The van der Waals surface area contributed by atoms with Gasteiger partial charge in [-0.1, -0.05) is 55.9 Å². The number of anilines is 4. The molecule has 3 N–H and O–H groups in total. The largest absolute Gasteiger partial charge is 0.476 e. The lowest BCUT2D eigenvalue weighted by Gasteiger charge is -2.69. The van der Waals surface area contributed by atoms with Gasteiger partial charge in [0, 0.05) is 79.1 Å². The summed E-state index contributed by atoms with van der Waals surface area (Å²) in [6, 6.07) is 17.2. The van der Waals surface area contributed by atoms with Gasteiger partial charge in [-0.25, -0.2) is 14.8 Å². The summed E-state index contributed by atoms with van der Waals surface area (Å²) < 4.78 is 9.93. The fourth-order valence-electron chi connectivity index (χ4n) is 17.4. The second-order valence-corrected chi connectivity index (χ2v) is 28.1. The molecule has 20 heteroatoms. The number of likely N-dealkylation sites (tertiary alicyclic amines) is 1. The van der Waals surface area contributed by atoms with E-state index in [2.05, 4.69) is 65.3 Å². The molecule has 4 saturated carbocycles. The molecule has 4 bridgehead atoms. The van der Waals surface area contributed by atoms with Crippen LogP contribution in [0.25, 0.3) is 21.3 Å².